The zero-order valence-corrected chi connectivity index (χ0v) is 12.7. The topological polar surface area (TPSA) is 46.6 Å². The Morgan fingerprint density at radius 2 is 2.00 bits per heavy atom. The van der Waals surface area contributed by atoms with E-state index < -0.39 is 11.5 Å². The smallest absolute Gasteiger partial charge is 0.317 e. The molecule has 0 spiro atoms. The van der Waals surface area contributed by atoms with Gasteiger partial charge in [0.25, 0.3) is 0 Å². The Hall–Kier alpha value is -1.68. The van der Waals surface area contributed by atoms with E-state index in [-0.39, 0.29) is 23.7 Å². The Kier molecular flexibility index (Phi) is 3.36. The molecule has 2 fully saturated rings. The summed E-state index contributed by atoms with van der Waals surface area (Å²) in [5.41, 5.74) is 0.677. The molecule has 0 N–H and O–H groups in total. The second kappa shape index (κ2) is 4.95. The zero-order chi connectivity index (χ0) is 15.2. The van der Waals surface area contributed by atoms with Crippen LogP contribution < -0.4 is 0 Å². The standard InChI is InChI=1S/C17H21NO3/c1-11(19)15-13-9-14(12-7-5-4-6-8-12)18(3)10-17(13,2)21-16(15)20/h4-8,13-15H,9-10H2,1-3H3/t13-,14+,15-,17-/m0/s1. The van der Waals surface area contributed by atoms with E-state index in [9.17, 15) is 9.59 Å². The molecule has 21 heavy (non-hydrogen) atoms. The lowest BCUT2D eigenvalue weighted by Crippen LogP contribution is -2.51. The minimum absolute atomic E-state index is 0.0380. The van der Waals surface area contributed by atoms with Gasteiger partial charge in [-0.3, -0.25) is 14.5 Å². The summed E-state index contributed by atoms with van der Waals surface area (Å²) in [6.45, 7) is 4.11. The molecular formula is C17H21NO3. The van der Waals surface area contributed by atoms with Gasteiger partial charge in [0.2, 0.25) is 0 Å². The van der Waals surface area contributed by atoms with Crippen LogP contribution >= 0.6 is 0 Å². The van der Waals surface area contributed by atoms with Gasteiger partial charge in [0.15, 0.2) is 0 Å². The van der Waals surface area contributed by atoms with Crippen molar-refractivity contribution >= 4 is 11.8 Å². The Bertz CT molecular complexity index is 571. The summed E-state index contributed by atoms with van der Waals surface area (Å²) in [5, 5.41) is 0. The molecule has 2 aliphatic rings. The van der Waals surface area contributed by atoms with Crippen molar-refractivity contribution in [3.05, 3.63) is 35.9 Å². The number of carbonyl (C=O) groups excluding carboxylic acids is 2. The van der Waals surface area contributed by atoms with Crippen LogP contribution in [0.2, 0.25) is 0 Å². The average Bonchev–Trinajstić information content (AvgIpc) is 2.67. The Balaban J connectivity index is 1.93. The number of nitrogens with zero attached hydrogens (tertiary/aromatic N) is 1. The van der Waals surface area contributed by atoms with Gasteiger partial charge in [0.1, 0.15) is 17.3 Å². The number of piperidine rings is 1. The van der Waals surface area contributed by atoms with Crippen LogP contribution in [0.5, 0.6) is 0 Å². The van der Waals surface area contributed by atoms with E-state index >= 15 is 0 Å². The van der Waals surface area contributed by atoms with Crippen LogP contribution in [-0.4, -0.2) is 35.8 Å². The molecule has 0 unspecified atom stereocenters. The maximum absolute atomic E-state index is 12.1. The summed E-state index contributed by atoms with van der Waals surface area (Å²) < 4.78 is 5.58. The van der Waals surface area contributed by atoms with Crippen molar-refractivity contribution in [2.45, 2.75) is 31.9 Å². The normalized spacial score (nSPS) is 36.1. The molecule has 2 saturated heterocycles. The highest BCUT2D eigenvalue weighted by Crippen LogP contribution is 2.48. The number of hydrogen-bond acceptors (Lipinski definition) is 4. The quantitative estimate of drug-likeness (QED) is 0.618. The van der Waals surface area contributed by atoms with Crippen molar-refractivity contribution in [1.29, 1.82) is 0 Å². The summed E-state index contributed by atoms with van der Waals surface area (Å²) in [4.78, 5) is 26.2. The van der Waals surface area contributed by atoms with Gasteiger partial charge in [-0.1, -0.05) is 30.3 Å². The highest BCUT2D eigenvalue weighted by molar-refractivity contribution is 5.99. The number of ketones is 1. The SMILES string of the molecule is CC(=O)[C@@H]1C(=O)O[C@@]2(C)CN(C)[C@@H](c3ccccc3)C[C@@H]12. The van der Waals surface area contributed by atoms with Crippen LogP contribution in [0.3, 0.4) is 0 Å². The van der Waals surface area contributed by atoms with Crippen molar-refractivity contribution in [2.24, 2.45) is 11.8 Å². The monoisotopic (exact) mass is 287 g/mol. The Labute approximate surface area is 125 Å². The molecule has 3 rings (SSSR count). The van der Waals surface area contributed by atoms with Crippen LogP contribution in [0, 0.1) is 11.8 Å². The minimum atomic E-state index is -0.602. The van der Waals surface area contributed by atoms with Crippen molar-refractivity contribution < 1.29 is 14.3 Å². The molecule has 0 amide bonds. The molecule has 4 heteroatoms. The fourth-order valence-corrected chi connectivity index (χ4v) is 3.96. The van der Waals surface area contributed by atoms with Crippen LogP contribution in [0.15, 0.2) is 30.3 Å². The zero-order valence-electron chi connectivity index (χ0n) is 12.7. The molecular weight excluding hydrogens is 266 g/mol. The predicted octanol–water partition coefficient (Wildman–Crippen LogP) is 2.20. The Morgan fingerprint density at radius 1 is 1.33 bits per heavy atom. The number of likely N-dealkylation sites (N-methyl/N-ethyl adjacent to an activating group) is 1. The highest BCUT2D eigenvalue weighted by atomic mass is 16.6. The number of rotatable bonds is 2. The van der Waals surface area contributed by atoms with Gasteiger partial charge in [-0.2, -0.15) is 0 Å². The molecule has 0 bridgehead atoms. The van der Waals surface area contributed by atoms with Crippen LogP contribution in [0.25, 0.3) is 0 Å². The van der Waals surface area contributed by atoms with Crippen LogP contribution in [-0.2, 0) is 14.3 Å². The molecule has 0 radical (unpaired) electrons. The van der Waals surface area contributed by atoms with E-state index in [1.807, 2.05) is 32.2 Å². The molecule has 2 aliphatic heterocycles. The number of ether oxygens (including phenoxy) is 1. The third-order valence-electron chi connectivity index (χ3n) is 4.97. The van der Waals surface area contributed by atoms with Gasteiger partial charge < -0.3 is 4.74 Å². The number of hydrogen-bond donors (Lipinski definition) is 0. The van der Waals surface area contributed by atoms with Crippen molar-refractivity contribution in [3.8, 4) is 0 Å². The second-order valence-corrected chi connectivity index (χ2v) is 6.51. The van der Waals surface area contributed by atoms with Crippen LogP contribution in [0.1, 0.15) is 31.9 Å². The molecule has 1 aromatic carbocycles. The van der Waals surface area contributed by atoms with Gasteiger partial charge in [-0.25, -0.2) is 0 Å². The molecule has 0 saturated carbocycles. The van der Waals surface area contributed by atoms with E-state index in [4.69, 9.17) is 4.74 Å². The first kappa shape index (κ1) is 14.3. The molecule has 112 valence electrons. The lowest BCUT2D eigenvalue weighted by atomic mass is 9.72. The van der Waals surface area contributed by atoms with Crippen molar-refractivity contribution in [2.75, 3.05) is 13.6 Å². The number of fused-ring (bicyclic) bond motifs is 1. The number of benzene rings is 1. The summed E-state index contributed by atoms with van der Waals surface area (Å²) in [6.07, 6.45) is 0.771. The highest BCUT2D eigenvalue weighted by Gasteiger charge is 2.58. The van der Waals surface area contributed by atoms with E-state index in [0.717, 1.165) is 6.42 Å². The minimum Gasteiger partial charge on any atom is -0.457 e. The van der Waals surface area contributed by atoms with Gasteiger partial charge in [-0.15, -0.1) is 0 Å². The second-order valence-electron chi connectivity index (χ2n) is 6.51. The van der Waals surface area contributed by atoms with E-state index in [2.05, 4.69) is 17.0 Å². The lowest BCUT2D eigenvalue weighted by Gasteiger charge is -2.45. The summed E-state index contributed by atoms with van der Waals surface area (Å²) in [5.74, 6) is -1.07. The summed E-state index contributed by atoms with van der Waals surface area (Å²) >= 11 is 0. The first-order chi connectivity index (χ1) is 9.92. The maximum Gasteiger partial charge on any atom is 0.317 e. The van der Waals surface area contributed by atoms with Crippen molar-refractivity contribution in [3.63, 3.8) is 0 Å². The van der Waals surface area contributed by atoms with Gasteiger partial charge in [0, 0.05) is 18.5 Å². The maximum atomic E-state index is 12.1. The predicted molar refractivity (Wildman–Crippen MR) is 78.6 cm³/mol. The lowest BCUT2D eigenvalue weighted by molar-refractivity contribution is -0.153. The third kappa shape index (κ3) is 2.27. The molecule has 2 heterocycles. The molecule has 4 atom stereocenters. The molecule has 0 aliphatic carbocycles. The van der Waals surface area contributed by atoms with E-state index in [1.54, 1.807) is 0 Å². The van der Waals surface area contributed by atoms with Crippen LogP contribution in [0.4, 0.5) is 0 Å². The van der Waals surface area contributed by atoms with Gasteiger partial charge >= 0.3 is 5.97 Å². The fraction of sp³-hybridized carbons (Fsp3) is 0.529. The average molecular weight is 287 g/mol. The first-order valence-electron chi connectivity index (χ1n) is 7.41. The number of Topliss-reactive ketones (excluding diaryl/α,β-unsaturated/α-hetero) is 1. The van der Waals surface area contributed by atoms with Crippen molar-refractivity contribution in [1.82, 2.24) is 4.90 Å². The molecule has 1 aromatic rings. The number of carbonyl (C=O) groups is 2. The summed E-state index contributed by atoms with van der Waals surface area (Å²) in [6, 6.07) is 10.5. The molecule has 0 aromatic heterocycles. The van der Waals surface area contributed by atoms with E-state index in [1.165, 1.54) is 12.5 Å². The number of likely N-dealkylation sites (tertiary alicyclic amines) is 1. The fourth-order valence-electron chi connectivity index (χ4n) is 3.96. The Morgan fingerprint density at radius 3 is 2.62 bits per heavy atom. The van der Waals surface area contributed by atoms with E-state index in [0.29, 0.717) is 6.54 Å². The third-order valence-corrected chi connectivity index (χ3v) is 4.97. The summed E-state index contributed by atoms with van der Waals surface area (Å²) in [7, 11) is 2.05. The molecule has 4 nitrogen and oxygen atoms in total. The van der Waals surface area contributed by atoms with Gasteiger partial charge in [0.05, 0.1) is 0 Å². The largest absolute Gasteiger partial charge is 0.457 e. The first-order valence-corrected chi connectivity index (χ1v) is 7.41. The van der Waals surface area contributed by atoms with Gasteiger partial charge in [-0.05, 0) is 32.9 Å². The number of esters is 1.